The Bertz CT molecular complexity index is 4260. The molecule has 0 spiro atoms. The van der Waals surface area contributed by atoms with Crippen molar-refractivity contribution < 1.29 is 55.0 Å². The number of carboxylic acids is 3. The number of carboxylic acid groups (broad SMARTS) is 3. The average molecular weight is 1300 g/mol. The summed E-state index contributed by atoms with van der Waals surface area (Å²) in [7, 11) is -11.2. The number of sulfonamides is 3. The number of aromatic carboxylic acids is 3. The summed E-state index contributed by atoms with van der Waals surface area (Å²) >= 11 is 12.0. The van der Waals surface area contributed by atoms with Crippen LogP contribution in [0.3, 0.4) is 0 Å². The fourth-order valence-electron chi connectivity index (χ4n) is 9.88. The first-order valence-electron chi connectivity index (χ1n) is 28.3. The molecule has 0 bridgehead atoms. The van der Waals surface area contributed by atoms with Crippen molar-refractivity contribution in [3.63, 3.8) is 0 Å². The topological polar surface area (TPSA) is 250 Å². The molecule has 0 fully saturated rings. The van der Waals surface area contributed by atoms with Crippen LogP contribution in [0.25, 0.3) is 0 Å². The van der Waals surface area contributed by atoms with E-state index in [9.17, 15) is 39.6 Å². The van der Waals surface area contributed by atoms with Gasteiger partial charge in [-0.2, -0.15) is 0 Å². The summed E-state index contributed by atoms with van der Waals surface area (Å²) < 4.78 is 85.1. The normalized spacial score (nSPS) is 11.2. The molecule has 462 valence electrons. The number of halogens is 2. The zero-order chi connectivity index (χ0) is 64.3. The van der Waals surface area contributed by atoms with Gasteiger partial charge >= 0.3 is 17.9 Å². The Hall–Kier alpha value is -8.78. The van der Waals surface area contributed by atoms with Crippen LogP contribution >= 0.6 is 23.2 Å². The molecule has 6 N–H and O–H groups in total. The molecule has 0 aliphatic rings. The monoisotopic (exact) mass is 1300 g/mol. The molecule has 0 unspecified atom stereocenters. The molecule has 0 atom stereocenters. The van der Waals surface area contributed by atoms with Crippen molar-refractivity contribution in [3.05, 3.63) is 283 Å². The third kappa shape index (κ3) is 19.9. The van der Waals surface area contributed by atoms with Crippen LogP contribution in [0.4, 0.5) is 17.1 Å². The van der Waals surface area contributed by atoms with Crippen molar-refractivity contribution in [2.24, 2.45) is 0 Å². The molecule has 0 radical (unpaired) electrons. The largest absolute Gasteiger partial charge is 0.478 e. The quantitative estimate of drug-likeness (QED) is 0.0331. The standard InChI is InChI=1S/C25H27NO4S.C22H19Cl2NO4S.C22H21NO4S/c1-17-15-18(2)24(19(3)16-17)31(29,30)26-23-10-5-4-8-21(23)9-6-7-20-11-13-22(14-12-20)25(27)28;23-18-12-13-19(24)21(14-18)30(28,29)25-20-7-2-1-5-16(20)6-3-4-15-8-10-17(11-9-15)22(26)27;24-22(25)19-15-13-17(14-16-19)7-6-9-18-8-4-5-12-21(18)23-28(26,27)20-10-2-1-3-11-20/h4-5,8,10-16,26H,6-7,9H2,1-3H3,(H,27,28);1-2,5,7-14,25H,3-4,6H2,(H,26,27);1-5,8,10-16,23H,6-7,9H2,(H,24,25). The molecule has 9 rings (SSSR count). The second kappa shape index (κ2) is 31.4. The summed E-state index contributed by atoms with van der Waals surface area (Å²) in [6.45, 7) is 5.58. The third-order valence-corrected chi connectivity index (χ3v) is 19.4. The van der Waals surface area contributed by atoms with Crippen molar-refractivity contribution in [2.45, 2.75) is 93.2 Å². The van der Waals surface area contributed by atoms with Gasteiger partial charge in [-0.15, -0.1) is 0 Å². The molecule has 0 aliphatic heterocycles. The minimum Gasteiger partial charge on any atom is -0.478 e. The molecule has 20 heteroatoms. The highest BCUT2D eigenvalue weighted by molar-refractivity contribution is 7.93. The maximum Gasteiger partial charge on any atom is 0.335 e. The highest BCUT2D eigenvalue weighted by Gasteiger charge is 2.23. The van der Waals surface area contributed by atoms with E-state index in [0.717, 1.165) is 88.6 Å². The van der Waals surface area contributed by atoms with Crippen LogP contribution in [0, 0.1) is 20.8 Å². The number of anilines is 3. The summed E-state index contributed by atoms with van der Waals surface area (Å²) in [6, 6.07) is 58.7. The first kappa shape index (κ1) is 67.7. The molecule has 9 aromatic carbocycles. The summed E-state index contributed by atoms with van der Waals surface area (Å²) in [4.78, 5) is 33.3. The maximum atomic E-state index is 13.1. The van der Waals surface area contributed by atoms with Gasteiger partial charge in [0, 0.05) is 5.02 Å². The molecule has 9 aromatic rings. The summed E-state index contributed by atoms with van der Waals surface area (Å²) in [5, 5.41) is 27.3. The Labute approximate surface area is 530 Å². The smallest absolute Gasteiger partial charge is 0.335 e. The molecule has 0 saturated heterocycles. The van der Waals surface area contributed by atoms with Gasteiger partial charge in [-0.1, -0.05) is 150 Å². The van der Waals surface area contributed by atoms with Gasteiger partial charge in [0.05, 0.1) is 48.6 Å². The lowest BCUT2D eigenvalue weighted by Gasteiger charge is -2.16. The number of hydrogen-bond acceptors (Lipinski definition) is 9. The van der Waals surface area contributed by atoms with E-state index in [1.54, 1.807) is 109 Å². The van der Waals surface area contributed by atoms with Crippen LogP contribution in [0.5, 0.6) is 0 Å². The Morgan fingerprint density at radius 2 is 0.719 bits per heavy atom. The molecular weight excluding hydrogens is 1230 g/mol. The van der Waals surface area contributed by atoms with Crippen LogP contribution in [-0.4, -0.2) is 58.5 Å². The number of rotatable bonds is 24. The van der Waals surface area contributed by atoms with Gasteiger partial charge in [0.15, 0.2) is 0 Å². The number of carbonyl (C=O) groups is 3. The first-order valence-corrected chi connectivity index (χ1v) is 33.5. The molecule has 89 heavy (non-hydrogen) atoms. The van der Waals surface area contributed by atoms with Crippen LogP contribution in [0.1, 0.15) is 100 Å². The summed E-state index contributed by atoms with van der Waals surface area (Å²) in [5.41, 5.74) is 10.7. The zero-order valence-electron chi connectivity index (χ0n) is 49.0. The predicted molar refractivity (Wildman–Crippen MR) is 352 cm³/mol. The minimum absolute atomic E-state index is 0.0787. The van der Waals surface area contributed by atoms with Crippen molar-refractivity contribution in [1.82, 2.24) is 0 Å². The predicted octanol–water partition coefficient (Wildman–Crippen LogP) is 15.3. The summed E-state index contributed by atoms with van der Waals surface area (Å²) in [5.74, 6) is -2.83. The Balaban J connectivity index is 0.000000190. The molecule has 0 aromatic heterocycles. The number of hydrogen-bond donors (Lipinski definition) is 6. The van der Waals surface area contributed by atoms with E-state index in [0.29, 0.717) is 41.2 Å². The van der Waals surface area contributed by atoms with Gasteiger partial charge in [0.25, 0.3) is 30.1 Å². The SMILES string of the molecule is Cc1cc(C)c(S(=O)(=O)Nc2ccccc2CCCc2ccc(C(=O)O)cc2)c(C)c1.O=C(O)c1ccc(CCCc2ccccc2NS(=O)(=O)c2cc(Cl)ccc2Cl)cc1.O=C(O)c1ccc(CCCc2ccccc2NS(=O)(=O)c2ccccc2)cc1. The van der Waals surface area contributed by atoms with Crippen molar-refractivity contribution in [1.29, 1.82) is 0 Å². The van der Waals surface area contributed by atoms with Crippen molar-refractivity contribution >= 4 is 88.2 Å². The van der Waals surface area contributed by atoms with E-state index in [2.05, 4.69) is 14.2 Å². The number of nitrogens with one attached hydrogen (secondary N) is 3. The fraction of sp³-hybridized carbons (Fsp3) is 0.174. The van der Waals surface area contributed by atoms with Gasteiger partial charge < -0.3 is 15.3 Å². The zero-order valence-corrected chi connectivity index (χ0v) is 53.0. The van der Waals surface area contributed by atoms with Crippen molar-refractivity contribution in [2.75, 3.05) is 14.2 Å². The second-order valence-corrected chi connectivity index (χ2v) is 26.8. The van der Waals surface area contributed by atoms with Crippen LogP contribution in [0.15, 0.2) is 221 Å². The Kier molecular flexibility index (Phi) is 23.9. The average Bonchev–Trinajstić information content (AvgIpc) is 2.95. The second-order valence-electron chi connectivity index (χ2n) is 21.0. The van der Waals surface area contributed by atoms with Crippen molar-refractivity contribution in [3.8, 4) is 0 Å². The number of para-hydroxylation sites is 3. The van der Waals surface area contributed by atoms with E-state index in [1.807, 2.05) is 99.6 Å². The molecular formula is C69H67Cl2N3O12S3. The Morgan fingerprint density at radius 1 is 0.382 bits per heavy atom. The first-order chi connectivity index (χ1) is 42.4. The summed E-state index contributed by atoms with van der Waals surface area (Å²) in [6.07, 6.45) is 6.73. The van der Waals surface area contributed by atoms with E-state index in [4.69, 9.17) is 38.5 Å². The van der Waals surface area contributed by atoms with Crippen LogP contribution < -0.4 is 14.2 Å². The third-order valence-electron chi connectivity index (χ3n) is 14.2. The van der Waals surface area contributed by atoms with Gasteiger partial charge in [-0.25, -0.2) is 39.6 Å². The number of benzene rings is 9. The van der Waals surface area contributed by atoms with Gasteiger partial charge in [-0.3, -0.25) is 14.2 Å². The fourth-order valence-corrected chi connectivity index (χ4v) is 14.4. The lowest BCUT2D eigenvalue weighted by molar-refractivity contribution is 0.0686. The highest BCUT2D eigenvalue weighted by Crippen LogP contribution is 2.30. The van der Waals surface area contributed by atoms with Gasteiger partial charge in [0.2, 0.25) is 0 Å². The molecule has 15 nitrogen and oxygen atoms in total. The van der Waals surface area contributed by atoms with Crippen LogP contribution in [-0.2, 0) is 68.6 Å². The highest BCUT2D eigenvalue weighted by atomic mass is 35.5. The van der Waals surface area contributed by atoms with E-state index in [1.165, 1.54) is 18.2 Å². The molecule has 0 aliphatic carbocycles. The Morgan fingerprint density at radius 3 is 1.09 bits per heavy atom. The van der Waals surface area contributed by atoms with Gasteiger partial charge in [-0.05, 0) is 208 Å². The lowest BCUT2D eigenvalue weighted by atomic mass is 10.0. The van der Waals surface area contributed by atoms with E-state index < -0.39 is 48.0 Å². The number of aryl methyl sites for hydroxylation is 9. The molecule has 0 amide bonds. The minimum atomic E-state index is -3.90. The lowest BCUT2D eigenvalue weighted by Crippen LogP contribution is -2.17. The van der Waals surface area contributed by atoms with Crippen LogP contribution in [0.2, 0.25) is 10.0 Å². The molecule has 0 heterocycles. The van der Waals surface area contributed by atoms with E-state index in [-0.39, 0.29) is 36.5 Å². The van der Waals surface area contributed by atoms with E-state index >= 15 is 0 Å². The molecule has 0 saturated carbocycles. The van der Waals surface area contributed by atoms with Gasteiger partial charge in [0.1, 0.15) is 4.90 Å². The maximum absolute atomic E-state index is 13.1.